The van der Waals surface area contributed by atoms with Gasteiger partial charge in [-0.3, -0.25) is 9.89 Å². The Hall–Kier alpha value is -1.35. The number of hydrogen-bond donors (Lipinski definition) is 2. The third-order valence-corrected chi connectivity index (χ3v) is 4.91. The summed E-state index contributed by atoms with van der Waals surface area (Å²) in [7, 11) is 1.82. The highest BCUT2D eigenvalue weighted by Crippen LogP contribution is 2.14. The Kier molecular flexibility index (Phi) is 10.8. The molecule has 0 amide bonds. The second kappa shape index (κ2) is 12.3. The van der Waals surface area contributed by atoms with Crippen LogP contribution in [0.2, 0.25) is 0 Å². The Balaban J connectivity index is 0.00000392. The summed E-state index contributed by atoms with van der Waals surface area (Å²) in [5.74, 6) is 1.90. The number of halogens is 1. The molecule has 0 saturated heterocycles. The lowest BCUT2D eigenvalue weighted by Gasteiger charge is -2.30. The van der Waals surface area contributed by atoms with Crippen LogP contribution in [0.1, 0.15) is 39.9 Å². The first kappa shape index (κ1) is 24.7. The van der Waals surface area contributed by atoms with Gasteiger partial charge in [0.2, 0.25) is 0 Å². The average molecular weight is 500 g/mol. The number of fused-ring (bicyclic) bond motifs is 1. The molecule has 28 heavy (non-hydrogen) atoms. The second-order valence-corrected chi connectivity index (χ2v) is 7.50. The number of guanidine groups is 1. The number of hydrogen-bond acceptors (Lipinski definition) is 3. The molecule has 2 rings (SSSR count). The molecule has 0 atom stereocenters. The van der Waals surface area contributed by atoms with Crippen molar-refractivity contribution in [1.29, 1.82) is 0 Å². The van der Waals surface area contributed by atoms with Crippen molar-refractivity contribution < 1.29 is 0 Å². The summed E-state index contributed by atoms with van der Waals surface area (Å²) >= 11 is 0. The number of aromatic nitrogens is 2. The predicted molar refractivity (Wildman–Crippen MR) is 131 cm³/mol. The van der Waals surface area contributed by atoms with Crippen molar-refractivity contribution in [3.63, 3.8) is 0 Å². The van der Waals surface area contributed by atoms with E-state index in [-0.39, 0.29) is 24.0 Å². The third kappa shape index (κ3) is 6.92. The van der Waals surface area contributed by atoms with E-state index in [9.17, 15) is 0 Å². The molecule has 0 bridgehead atoms. The van der Waals surface area contributed by atoms with Gasteiger partial charge in [0, 0.05) is 45.3 Å². The molecule has 0 spiro atoms. The molecule has 2 aromatic rings. The molecule has 0 saturated carbocycles. The maximum atomic E-state index is 4.62. The van der Waals surface area contributed by atoms with Crippen molar-refractivity contribution >= 4 is 41.0 Å². The van der Waals surface area contributed by atoms with Crippen LogP contribution >= 0.6 is 24.0 Å². The fourth-order valence-corrected chi connectivity index (χ4v) is 3.57. The van der Waals surface area contributed by atoms with Crippen molar-refractivity contribution in [2.75, 3.05) is 26.7 Å². The second-order valence-electron chi connectivity index (χ2n) is 7.50. The van der Waals surface area contributed by atoms with E-state index in [1.54, 1.807) is 0 Å². The number of aryl methyl sites for hydroxylation is 1. The number of imidazole rings is 1. The van der Waals surface area contributed by atoms with Crippen molar-refractivity contribution in [3.05, 3.63) is 30.1 Å². The number of rotatable bonds is 9. The van der Waals surface area contributed by atoms with Crippen LogP contribution in [0.5, 0.6) is 0 Å². The zero-order valence-corrected chi connectivity index (χ0v) is 20.5. The van der Waals surface area contributed by atoms with Gasteiger partial charge in [-0.1, -0.05) is 12.1 Å². The van der Waals surface area contributed by atoms with E-state index < -0.39 is 0 Å². The van der Waals surface area contributed by atoms with Gasteiger partial charge in [0.25, 0.3) is 0 Å². The van der Waals surface area contributed by atoms with Crippen LogP contribution in [0, 0.1) is 6.92 Å². The molecular weight excluding hydrogens is 463 g/mol. The van der Waals surface area contributed by atoms with Gasteiger partial charge in [0.1, 0.15) is 5.82 Å². The number of benzene rings is 1. The van der Waals surface area contributed by atoms with Gasteiger partial charge in [-0.15, -0.1) is 24.0 Å². The zero-order valence-electron chi connectivity index (χ0n) is 18.2. The summed E-state index contributed by atoms with van der Waals surface area (Å²) in [4.78, 5) is 11.5. The quantitative estimate of drug-likeness (QED) is 0.239. The zero-order chi connectivity index (χ0) is 19.8. The predicted octanol–water partition coefficient (Wildman–Crippen LogP) is 3.64. The van der Waals surface area contributed by atoms with E-state index >= 15 is 0 Å². The SMILES string of the molecule is CN=C(NCCCN(C(C)C)C(C)C)NCCn1c(C)nc2ccccc21.I. The largest absolute Gasteiger partial charge is 0.356 e. The maximum Gasteiger partial charge on any atom is 0.191 e. The molecule has 0 unspecified atom stereocenters. The Morgan fingerprint density at radius 1 is 1.11 bits per heavy atom. The first-order chi connectivity index (χ1) is 12.9. The summed E-state index contributed by atoms with van der Waals surface area (Å²) in [5, 5.41) is 6.83. The van der Waals surface area contributed by atoms with E-state index in [0.717, 1.165) is 49.9 Å². The number of nitrogens with one attached hydrogen (secondary N) is 2. The molecule has 158 valence electrons. The van der Waals surface area contributed by atoms with Gasteiger partial charge in [-0.25, -0.2) is 4.98 Å². The topological polar surface area (TPSA) is 57.5 Å². The van der Waals surface area contributed by atoms with Gasteiger partial charge in [-0.05, 0) is 53.2 Å². The summed E-state index contributed by atoms with van der Waals surface area (Å²) in [6.07, 6.45) is 1.10. The van der Waals surface area contributed by atoms with Gasteiger partial charge in [0.15, 0.2) is 5.96 Å². The molecule has 0 radical (unpaired) electrons. The first-order valence-corrected chi connectivity index (χ1v) is 10.1. The van der Waals surface area contributed by atoms with Crippen LogP contribution in [0.15, 0.2) is 29.3 Å². The number of para-hydroxylation sites is 2. The molecule has 0 aliphatic carbocycles. The minimum atomic E-state index is 0. The average Bonchev–Trinajstić information content (AvgIpc) is 2.94. The molecule has 1 heterocycles. The van der Waals surface area contributed by atoms with Gasteiger partial charge < -0.3 is 15.2 Å². The highest BCUT2D eigenvalue weighted by molar-refractivity contribution is 14.0. The first-order valence-electron chi connectivity index (χ1n) is 10.1. The molecule has 1 aromatic heterocycles. The van der Waals surface area contributed by atoms with Gasteiger partial charge in [0.05, 0.1) is 11.0 Å². The number of aliphatic imine (C=N–C) groups is 1. The molecule has 1 aromatic carbocycles. The van der Waals surface area contributed by atoms with Crippen LogP contribution in [-0.2, 0) is 6.54 Å². The van der Waals surface area contributed by atoms with Crippen molar-refractivity contribution in [2.45, 2.75) is 59.7 Å². The van der Waals surface area contributed by atoms with Gasteiger partial charge in [-0.2, -0.15) is 0 Å². The monoisotopic (exact) mass is 500 g/mol. The highest BCUT2D eigenvalue weighted by atomic mass is 127. The minimum Gasteiger partial charge on any atom is -0.356 e. The van der Waals surface area contributed by atoms with Crippen molar-refractivity contribution in [2.24, 2.45) is 4.99 Å². The highest BCUT2D eigenvalue weighted by Gasteiger charge is 2.12. The van der Waals surface area contributed by atoms with E-state index in [1.807, 2.05) is 13.1 Å². The van der Waals surface area contributed by atoms with Crippen molar-refractivity contribution in [1.82, 2.24) is 25.1 Å². The third-order valence-electron chi connectivity index (χ3n) is 4.91. The van der Waals surface area contributed by atoms with E-state index in [4.69, 9.17) is 0 Å². The van der Waals surface area contributed by atoms with E-state index in [0.29, 0.717) is 12.1 Å². The molecule has 0 aliphatic heterocycles. The molecule has 0 fully saturated rings. The summed E-state index contributed by atoms with van der Waals surface area (Å²) in [5.41, 5.74) is 2.24. The fraction of sp³-hybridized carbons (Fsp3) is 0.619. The molecule has 7 heteroatoms. The minimum absolute atomic E-state index is 0. The Labute approximate surface area is 187 Å². The van der Waals surface area contributed by atoms with Crippen molar-refractivity contribution in [3.8, 4) is 0 Å². The lowest BCUT2D eigenvalue weighted by Crippen LogP contribution is -2.42. The molecular formula is C21H37IN6. The smallest absolute Gasteiger partial charge is 0.191 e. The standard InChI is InChI=1S/C21H36N6.HI/c1-16(2)26(17(3)4)14-9-12-23-21(22-6)24-13-15-27-18(5)25-19-10-7-8-11-20(19)27;/h7-8,10-11,16-17H,9,12-15H2,1-6H3,(H2,22,23,24);1H. The Morgan fingerprint density at radius 3 is 2.39 bits per heavy atom. The molecule has 2 N–H and O–H groups in total. The van der Waals surface area contributed by atoms with E-state index in [1.165, 1.54) is 5.52 Å². The maximum absolute atomic E-state index is 4.62. The van der Waals surface area contributed by atoms with Gasteiger partial charge >= 0.3 is 0 Å². The fourth-order valence-electron chi connectivity index (χ4n) is 3.57. The van der Waals surface area contributed by atoms with Crippen LogP contribution in [0.25, 0.3) is 11.0 Å². The summed E-state index contributed by atoms with van der Waals surface area (Å²) < 4.78 is 2.25. The van der Waals surface area contributed by atoms with Crippen LogP contribution in [0.3, 0.4) is 0 Å². The Morgan fingerprint density at radius 2 is 1.75 bits per heavy atom. The lowest BCUT2D eigenvalue weighted by atomic mass is 10.2. The summed E-state index contributed by atoms with van der Waals surface area (Å²) in [6.45, 7) is 14.8. The lowest BCUT2D eigenvalue weighted by molar-refractivity contribution is 0.173. The summed E-state index contributed by atoms with van der Waals surface area (Å²) in [6, 6.07) is 9.43. The molecule has 6 nitrogen and oxygen atoms in total. The molecule has 0 aliphatic rings. The van der Waals surface area contributed by atoms with E-state index in [2.05, 4.69) is 82.9 Å². The Bertz CT molecular complexity index is 730. The number of nitrogens with zero attached hydrogens (tertiary/aromatic N) is 4. The van der Waals surface area contributed by atoms with Crippen LogP contribution in [-0.4, -0.2) is 59.2 Å². The normalized spacial score (nSPS) is 12.1. The van der Waals surface area contributed by atoms with Crippen LogP contribution in [0.4, 0.5) is 0 Å². The van der Waals surface area contributed by atoms with Crippen LogP contribution < -0.4 is 10.6 Å².